The minimum Gasteiger partial charge on any atom is -0.395 e. The first-order chi connectivity index (χ1) is 9.41. The second kappa shape index (κ2) is 6.73. The average molecular weight is 284 g/mol. The van der Waals surface area contributed by atoms with Crippen molar-refractivity contribution in [1.29, 1.82) is 0 Å². The molecule has 1 saturated heterocycles. The van der Waals surface area contributed by atoms with E-state index in [0.717, 1.165) is 32.0 Å². The highest BCUT2D eigenvalue weighted by Crippen LogP contribution is 2.40. The maximum absolute atomic E-state index is 9.49. The molecule has 118 valence electrons. The number of aliphatic hydroxyl groups is 1. The Morgan fingerprint density at radius 2 is 2.05 bits per heavy atom. The van der Waals surface area contributed by atoms with Crippen LogP contribution >= 0.6 is 0 Å². The number of morpholine rings is 1. The molecule has 4 atom stereocenters. The first-order valence-electron chi connectivity index (χ1n) is 8.10. The number of hydrogen-bond donors (Lipinski definition) is 2. The van der Waals surface area contributed by atoms with E-state index in [1.807, 2.05) is 0 Å². The molecule has 4 nitrogen and oxygen atoms in total. The van der Waals surface area contributed by atoms with E-state index in [9.17, 15) is 5.11 Å². The summed E-state index contributed by atoms with van der Waals surface area (Å²) in [6.45, 7) is 10.6. The standard InChI is InChI=1S/C16H32N2O2/c1-16(2,3)13-4-5-15(17)12(8-13)9-18-6-7-20-11-14(18)10-19/h12-15,19H,4-11,17H2,1-3H3. The van der Waals surface area contributed by atoms with Gasteiger partial charge in [-0.15, -0.1) is 0 Å². The summed E-state index contributed by atoms with van der Waals surface area (Å²) in [4.78, 5) is 2.39. The van der Waals surface area contributed by atoms with E-state index in [-0.39, 0.29) is 12.6 Å². The lowest BCUT2D eigenvalue weighted by Crippen LogP contribution is -2.52. The summed E-state index contributed by atoms with van der Waals surface area (Å²) < 4.78 is 5.46. The first-order valence-corrected chi connectivity index (χ1v) is 8.10. The topological polar surface area (TPSA) is 58.7 Å². The molecule has 4 heteroatoms. The van der Waals surface area contributed by atoms with Crippen LogP contribution in [0.1, 0.15) is 40.0 Å². The number of ether oxygens (including phenoxy) is 1. The predicted molar refractivity (Wildman–Crippen MR) is 81.5 cm³/mol. The molecular formula is C16H32N2O2. The lowest BCUT2D eigenvalue weighted by Gasteiger charge is -2.44. The molecule has 0 spiro atoms. The van der Waals surface area contributed by atoms with E-state index >= 15 is 0 Å². The third-order valence-electron chi connectivity index (χ3n) is 5.30. The molecule has 2 fully saturated rings. The average Bonchev–Trinajstić information content (AvgIpc) is 2.40. The molecule has 1 aliphatic heterocycles. The van der Waals surface area contributed by atoms with E-state index < -0.39 is 0 Å². The van der Waals surface area contributed by atoms with Gasteiger partial charge in [0.05, 0.1) is 25.9 Å². The number of hydrogen-bond acceptors (Lipinski definition) is 4. The summed E-state index contributed by atoms with van der Waals surface area (Å²) in [5, 5.41) is 9.49. The van der Waals surface area contributed by atoms with Crippen LogP contribution in [0.2, 0.25) is 0 Å². The third kappa shape index (κ3) is 3.94. The number of rotatable bonds is 3. The largest absolute Gasteiger partial charge is 0.395 e. The molecule has 3 N–H and O–H groups in total. The summed E-state index contributed by atoms with van der Waals surface area (Å²) in [5.41, 5.74) is 6.74. The quantitative estimate of drug-likeness (QED) is 0.824. The van der Waals surface area contributed by atoms with Gasteiger partial charge >= 0.3 is 0 Å². The Kier molecular flexibility index (Phi) is 5.46. The van der Waals surface area contributed by atoms with Crippen LogP contribution in [-0.4, -0.2) is 55.0 Å². The van der Waals surface area contributed by atoms with Gasteiger partial charge in [-0.25, -0.2) is 0 Å². The summed E-state index contributed by atoms with van der Waals surface area (Å²) in [6.07, 6.45) is 3.62. The van der Waals surface area contributed by atoms with Crippen molar-refractivity contribution in [3.63, 3.8) is 0 Å². The van der Waals surface area contributed by atoms with Gasteiger partial charge in [-0.3, -0.25) is 4.90 Å². The molecule has 20 heavy (non-hydrogen) atoms. The van der Waals surface area contributed by atoms with Crippen molar-refractivity contribution in [2.45, 2.75) is 52.1 Å². The molecule has 0 aromatic rings. The van der Waals surface area contributed by atoms with Crippen LogP contribution in [0.25, 0.3) is 0 Å². The van der Waals surface area contributed by atoms with Crippen molar-refractivity contribution in [2.75, 3.05) is 32.9 Å². The van der Waals surface area contributed by atoms with Gasteiger partial charge in [0.2, 0.25) is 0 Å². The van der Waals surface area contributed by atoms with Crippen LogP contribution < -0.4 is 5.73 Å². The van der Waals surface area contributed by atoms with E-state index in [2.05, 4.69) is 25.7 Å². The minimum atomic E-state index is 0.158. The predicted octanol–water partition coefficient (Wildman–Crippen LogP) is 1.47. The third-order valence-corrected chi connectivity index (χ3v) is 5.30. The summed E-state index contributed by atoms with van der Waals surface area (Å²) in [6, 6.07) is 0.474. The molecule has 0 aromatic heterocycles. The molecule has 1 heterocycles. The fourth-order valence-corrected chi connectivity index (χ4v) is 3.68. The zero-order valence-corrected chi connectivity index (χ0v) is 13.3. The van der Waals surface area contributed by atoms with Gasteiger partial charge in [-0.05, 0) is 36.5 Å². The van der Waals surface area contributed by atoms with Gasteiger partial charge in [-0.2, -0.15) is 0 Å². The van der Waals surface area contributed by atoms with E-state index in [4.69, 9.17) is 10.5 Å². The zero-order valence-electron chi connectivity index (χ0n) is 13.3. The Labute approximate surface area is 123 Å². The van der Waals surface area contributed by atoms with Crippen molar-refractivity contribution in [3.8, 4) is 0 Å². The number of nitrogens with two attached hydrogens (primary N) is 1. The van der Waals surface area contributed by atoms with Crippen LogP contribution in [0.3, 0.4) is 0 Å². The summed E-state index contributed by atoms with van der Waals surface area (Å²) in [7, 11) is 0. The van der Waals surface area contributed by atoms with Crippen molar-refractivity contribution in [2.24, 2.45) is 23.0 Å². The van der Waals surface area contributed by atoms with Crippen LogP contribution in [0.5, 0.6) is 0 Å². The van der Waals surface area contributed by atoms with Crippen molar-refractivity contribution in [1.82, 2.24) is 4.90 Å². The number of aliphatic hydroxyl groups excluding tert-OH is 1. The van der Waals surface area contributed by atoms with E-state index in [1.165, 1.54) is 12.8 Å². The molecular weight excluding hydrogens is 252 g/mol. The highest BCUT2D eigenvalue weighted by molar-refractivity contribution is 4.90. The van der Waals surface area contributed by atoms with Gasteiger partial charge in [0.25, 0.3) is 0 Å². The van der Waals surface area contributed by atoms with Crippen LogP contribution in [0.4, 0.5) is 0 Å². The normalized spacial score (nSPS) is 37.0. The van der Waals surface area contributed by atoms with E-state index in [0.29, 0.717) is 24.0 Å². The minimum absolute atomic E-state index is 0.158. The summed E-state index contributed by atoms with van der Waals surface area (Å²) >= 11 is 0. The lowest BCUT2D eigenvalue weighted by molar-refractivity contribution is -0.0402. The van der Waals surface area contributed by atoms with Gasteiger partial charge in [0.15, 0.2) is 0 Å². The molecule has 0 aromatic carbocycles. The Morgan fingerprint density at radius 3 is 2.70 bits per heavy atom. The van der Waals surface area contributed by atoms with Gasteiger partial charge < -0.3 is 15.6 Å². The highest BCUT2D eigenvalue weighted by atomic mass is 16.5. The fourth-order valence-electron chi connectivity index (χ4n) is 3.68. The molecule has 4 unspecified atom stereocenters. The molecule has 2 aliphatic rings. The second-order valence-electron chi connectivity index (χ2n) is 7.71. The maximum atomic E-state index is 9.49. The monoisotopic (exact) mass is 284 g/mol. The maximum Gasteiger partial charge on any atom is 0.0644 e. The molecule has 0 bridgehead atoms. The van der Waals surface area contributed by atoms with Gasteiger partial charge in [-0.1, -0.05) is 20.8 Å². The van der Waals surface area contributed by atoms with Crippen LogP contribution in [0.15, 0.2) is 0 Å². The fraction of sp³-hybridized carbons (Fsp3) is 1.00. The van der Waals surface area contributed by atoms with Crippen molar-refractivity contribution >= 4 is 0 Å². The van der Waals surface area contributed by atoms with E-state index in [1.54, 1.807) is 0 Å². The molecule has 0 amide bonds. The lowest BCUT2D eigenvalue weighted by atomic mass is 9.67. The zero-order chi connectivity index (χ0) is 14.8. The van der Waals surface area contributed by atoms with Crippen LogP contribution in [-0.2, 0) is 4.74 Å². The summed E-state index contributed by atoms with van der Waals surface area (Å²) in [5.74, 6) is 1.32. The smallest absolute Gasteiger partial charge is 0.0644 e. The molecule has 1 saturated carbocycles. The second-order valence-corrected chi connectivity index (χ2v) is 7.71. The Bertz CT molecular complexity index is 303. The SMILES string of the molecule is CC(C)(C)C1CCC(N)C(CN2CCOCC2CO)C1. The molecule has 0 radical (unpaired) electrons. The first kappa shape index (κ1) is 16.2. The Balaban J connectivity index is 1.95. The Morgan fingerprint density at radius 1 is 1.30 bits per heavy atom. The number of nitrogens with zero attached hydrogens (tertiary/aromatic N) is 1. The molecule has 1 aliphatic carbocycles. The Hall–Kier alpha value is -0.160. The van der Waals surface area contributed by atoms with Gasteiger partial charge in [0.1, 0.15) is 0 Å². The van der Waals surface area contributed by atoms with Crippen molar-refractivity contribution in [3.05, 3.63) is 0 Å². The van der Waals surface area contributed by atoms with Crippen LogP contribution in [0, 0.1) is 17.3 Å². The molecule has 2 rings (SSSR count). The highest BCUT2D eigenvalue weighted by Gasteiger charge is 2.36. The van der Waals surface area contributed by atoms with Gasteiger partial charge in [0, 0.05) is 19.1 Å². The van der Waals surface area contributed by atoms with Crippen molar-refractivity contribution < 1.29 is 9.84 Å².